The molecule has 0 aliphatic rings. The maximum Gasteiger partial charge on any atom is 0.305 e. The Balaban J connectivity index is 3.45. The molecule has 0 aliphatic heterocycles. The second kappa shape index (κ2) is 55.7. The molecule has 66 heavy (non-hydrogen) atoms. The van der Waals surface area contributed by atoms with Gasteiger partial charge in [-0.2, -0.15) is 0 Å². The summed E-state index contributed by atoms with van der Waals surface area (Å²) in [5.41, 5.74) is 0. The highest BCUT2D eigenvalue weighted by Gasteiger charge is 2.20. The second-order valence-corrected chi connectivity index (χ2v) is 20.0. The van der Waals surface area contributed by atoms with Gasteiger partial charge in [-0.25, -0.2) is 0 Å². The van der Waals surface area contributed by atoms with Crippen molar-refractivity contribution in [1.29, 1.82) is 0 Å². The first-order valence-corrected chi connectivity index (χ1v) is 29.3. The highest BCUT2D eigenvalue weighted by atomic mass is 16.5. The van der Waals surface area contributed by atoms with Crippen LogP contribution in [0.2, 0.25) is 0 Å². The largest absolute Gasteiger partial charge is 0.466 e. The standard InChI is InChI=1S/C60H113NO5/c1-3-5-7-9-11-13-15-16-17-18-20-24-27-30-34-38-42-46-50-54-60(65)66-55-51-47-43-39-35-31-28-25-22-19-21-23-26-29-33-37-41-45-49-53-59(64)61-57(56-62)58(63)52-48-44-40-36-32-14-12-10-8-6-4-2/h16-17,25,28,31,35,57-58,62-63H,3-15,18-24,26-27,29-30,32-34,36-56H2,1-2H3,(H,61,64)/b17-16-,28-25-,35-31-. The number of hydrogen-bond acceptors (Lipinski definition) is 5. The Morgan fingerprint density at radius 1 is 0.424 bits per heavy atom. The Bertz CT molecular complexity index is 1070. The average Bonchev–Trinajstić information content (AvgIpc) is 3.32. The third kappa shape index (κ3) is 51.5. The van der Waals surface area contributed by atoms with E-state index in [1.165, 1.54) is 205 Å². The summed E-state index contributed by atoms with van der Waals surface area (Å²) in [4.78, 5) is 24.5. The van der Waals surface area contributed by atoms with Gasteiger partial charge in [0.25, 0.3) is 0 Å². The van der Waals surface area contributed by atoms with Crippen molar-refractivity contribution in [2.24, 2.45) is 0 Å². The summed E-state index contributed by atoms with van der Waals surface area (Å²) in [6, 6.07) is -0.548. The van der Waals surface area contributed by atoms with Crippen LogP contribution in [0.25, 0.3) is 0 Å². The van der Waals surface area contributed by atoms with Crippen molar-refractivity contribution in [3.05, 3.63) is 36.5 Å². The Morgan fingerprint density at radius 2 is 0.758 bits per heavy atom. The van der Waals surface area contributed by atoms with Crippen LogP contribution in [-0.2, 0) is 14.3 Å². The first kappa shape index (κ1) is 64.1. The molecule has 0 aliphatic carbocycles. The number of ether oxygens (including phenoxy) is 1. The van der Waals surface area contributed by atoms with E-state index in [2.05, 4.69) is 55.6 Å². The highest BCUT2D eigenvalue weighted by molar-refractivity contribution is 5.76. The first-order chi connectivity index (χ1) is 32.5. The van der Waals surface area contributed by atoms with Crippen LogP contribution >= 0.6 is 0 Å². The fraction of sp³-hybridized carbons (Fsp3) is 0.867. The maximum absolute atomic E-state index is 12.4. The molecule has 0 aromatic heterocycles. The number of esters is 1. The Morgan fingerprint density at radius 3 is 1.17 bits per heavy atom. The molecule has 2 unspecified atom stereocenters. The molecule has 0 spiro atoms. The minimum atomic E-state index is -0.670. The third-order valence-electron chi connectivity index (χ3n) is 13.4. The van der Waals surface area contributed by atoms with Crippen molar-refractivity contribution in [2.75, 3.05) is 13.2 Å². The lowest BCUT2D eigenvalue weighted by Crippen LogP contribution is -2.45. The van der Waals surface area contributed by atoms with Crippen LogP contribution in [-0.4, -0.2) is 47.4 Å². The zero-order valence-electron chi connectivity index (χ0n) is 44.2. The number of amides is 1. The summed E-state index contributed by atoms with van der Waals surface area (Å²) >= 11 is 0. The van der Waals surface area contributed by atoms with E-state index >= 15 is 0 Å². The van der Waals surface area contributed by atoms with Gasteiger partial charge in [-0.1, -0.05) is 249 Å². The van der Waals surface area contributed by atoms with Crippen molar-refractivity contribution >= 4 is 11.9 Å². The molecule has 0 bridgehead atoms. The first-order valence-electron chi connectivity index (χ1n) is 29.3. The Labute approximate surface area is 411 Å². The molecule has 0 aromatic carbocycles. The Kier molecular flexibility index (Phi) is 54.1. The highest BCUT2D eigenvalue weighted by Crippen LogP contribution is 2.16. The van der Waals surface area contributed by atoms with Gasteiger partial charge in [0.1, 0.15) is 0 Å². The fourth-order valence-corrected chi connectivity index (χ4v) is 8.92. The van der Waals surface area contributed by atoms with Gasteiger partial charge in [0.2, 0.25) is 5.91 Å². The fourth-order valence-electron chi connectivity index (χ4n) is 8.92. The number of aliphatic hydroxyl groups is 2. The van der Waals surface area contributed by atoms with Crippen molar-refractivity contribution in [1.82, 2.24) is 5.32 Å². The summed E-state index contributed by atoms with van der Waals surface area (Å²) in [7, 11) is 0. The number of nitrogens with one attached hydrogen (secondary N) is 1. The summed E-state index contributed by atoms with van der Waals surface area (Å²) in [6.45, 7) is 4.90. The van der Waals surface area contributed by atoms with Crippen LogP contribution in [0.3, 0.4) is 0 Å². The molecule has 0 aromatic rings. The topological polar surface area (TPSA) is 95.9 Å². The lowest BCUT2D eigenvalue weighted by Gasteiger charge is -2.22. The predicted molar refractivity (Wildman–Crippen MR) is 287 cm³/mol. The molecule has 388 valence electrons. The number of carbonyl (C=O) groups excluding carboxylic acids is 2. The van der Waals surface area contributed by atoms with Gasteiger partial charge in [0, 0.05) is 12.8 Å². The quantitative estimate of drug-likeness (QED) is 0.0244. The summed E-state index contributed by atoms with van der Waals surface area (Å²) in [5.74, 6) is -0.0599. The molecule has 0 radical (unpaired) electrons. The summed E-state index contributed by atoms with van der Waals surface area (Å²) in [5, 5.41) is 23.2. The van der Waals surface area contributed by atoms with Crippen LogP contribution in [0, 0.1) is 0 Å². The van der Waals surface area contributed by atoms with Crippen LogP contribution in [0.4, 0.5) is 0 Å². The number of allylic oxidation sites excluding steroid dienone is 6. The maximum atomic E-state index is 12.4. The van der Waals surface area contributed by atoms with Gasteiger partial charge >= 0.3 is 5.97 Å². The number of unbranched alkanes of at least 4 members (excludes halogenated alkanes) is 38. The zero-order valence-corrected chi connectivity index (χ0v) is 44.2. The van der Waals surface area contributed by atoms with Crippen LogP contribution in [0.1, 0.15) is 309 Å². The molecule has 1 amide bonds. The van der Waals surface area contributed by atoms with Gasteiger partial charge in [0.15, 0.2) is 0 Å². The number of carbonyl (C=O) groups is 2. The van der Waals surface area contributed by atoms with E-state index in [-0.39, 0.29) is 18.5 Å². The lowest BCUT2D eigenvalue weighted by molar-refractivity contribution is -0.143. The van der Waals surface area contributed by atoms with Gasteiger partial charge in [-0.15, -0.1) is 0 Å². The van der Waals surface area contributed by atoms with E-state index in [0.29, 0.717) is 25.9 Å². The van der Waals surface area contributed by atoms with Crippen molar-refractivity contribution in [3.63, 3.8) is 0 Å². The summed E-state index contributed by atoms with van der Waals surface area (Å²) in [6.07, 6.45) is 68.6. The molecular formula is C60H113NO5. The second-order valence-electron chi connectivity index (χ2n) is 20.0. The Hall–Kier alpha value is -1.92. The number of rotatable bonds is 54. The molecule has 3 N–H and O–H groups in total. The van der Waals surface area contributed by atoms with Gasteiger partial charge in [-0.05, 0) is 83.5 Å². The van der Waals surface area contributed by atoms with Crippen molar-refractivity contribution in [3.8, 4) is 0 Å². The van der Waals surface area contributed by atoms with Crippen molar-refractivity contribution < 1.29 is 24.5 Å². The SMILES string of the molecule is CCCCCCCC/C=C\CCCCCCCCCCCC(=O)OCCCCC/C=C\C=C/CCCCCCCCCCCCC(=O)NC(CO)C(O)CCCCCCCCCCCCC. The molecule has 0 heterocycles. The third-order valence-corrected chi connectivity index (χ3v) is 13.4. The van der Waals surface area contributed by atoms with Gasteiger partial charge in [-0.3, -0.25) is 9.59 Å². The van der Waals surface area contributed by atoms with Crippen LogP contribution in [0.15, 0.2) is 36.5 Å². The monoisotopic (exact) mass is 928 g/mol. The molecule has 0 saturated heterocycles. The molecule has 0 fully saturated rings. The number of aliphatic hydroxyl groups excluding tert-OH is 2. The number of hydrogen-bond donors (Lipinski definition) is 3. The van der Waals surface area contributed by atoms with Crippen LogP contribution < -0.4 is 5.32 Å². The molecular weight excluding hydrogens is 815 g/mol. The smallest absolute Gasteiger partial charge is 0.305 e. The van der Waals surface area contributed by atoms with E-state index < -0.39 is 12.1 Å². The molecule has 2 atom stereocenters. The zero-order chi connectivity index (χ0) is 47.9. The van der Waals surface area contributed by atoms with E-state index in [9.17, 15) is 19.8 Å². The minimum absolute atomic E-state index is 0.0140. The summed E-state index contributed by atoms with van der Waals surface area (Å²) < 4.78 is 5.47. The molecule has 6 heteroatoms. The van der Waals surface area contributed by atoms with E-state index in [4.69, 9.17) is 4.74 Å². The van der Waals surface area contributed by atoms with E-state index in [1.807, 2.05) is 0 Å². The molecule has 6 nitrogen and oxygen atoms in total. The normalized spacial score (nSPS) is 12.8. The van der Waals surface area contributed by atoms with E-state index in [1.54, 1.807) is 0 Å². The van der Waals surface area contributed by atoms with Crippen molar-refractivity contribution in [2.45, 2.75) is 321 Å². The van der Waals surface area contributed by atoms with E-state index in [0.717, 1.165) is 70.6 Å². The van der Waals surface area contributed by atoms with Gasteiger partial charge < -0.3 is 20.3 Å². The molecule has 0 saturated carbocycles. The van der Waals surface area contributed by atoms with Crippen LogP contribution in [0.5, 0.6) is 0 Å². The minimum Gasteiger partial charge on any atom is -0.466 e. The average molecular weight is 929 g/mol. The molecule has 0 rings (SSSR count). The lowest BCUT2D eigenvalue weighted by atomic mass is 10.0. The predicted octanol–water partition coefficient (Wildman–Crippen LogP) is 18.0. The van der Waals surface area contributed by atoms with Gasteiger partial charge in [0.05, 0.1) is 25.4 Å².